The number of fused-ring (bicyclic) bond motifs is 2. The summed E-state index contributed by atoms with van der Waals surface area (Å²) in [6, 6.07) is 6.11. The summed E-state index contributed by atoms with van der Waals surface area (Å²) in [6.45, 7) is 1.86. The van der Waals surface area contributed by atoms with Crippen molar-refractivity contribution < 1.29 is 26.9 Å². The molecule has 0 radical (unpaired) electrons. The molecule has 2 aromatic heterocycles. The average molecular weight is 383 g/mol. The lowest BCUT2D eigenvalue weighted by Crippen LogP contribution is -2.43. The number of halogens is 3. The smallest absolute Gasteiger partial charge is 0.447 e. The molecule has 0 spiro atoms. The molecule has 3 heterocycles. The predicted molar refractivity (Wildman–Crippen MR) is 86.3 cm³/mol. The molecule has 0 aliphatic carbocycles. The Balaban J connectivity index is 1.66. The van der Waals surface area contributed by atoms with Crippen molar-refractivity contribution in [3.05, 3.63) is 41.7 Å². The minimum absolute atomic E-state index is 0.143. The number of ether oxygens (including phenoxy) is 2. The van der Waals surface area contributed by atoms with Crippen molar-refractivity contribution >= 4 is 21.8 Å². The van der Waals surface area contributed by atoms with Crippen molar-refractivity contribution in [2.45, 2.75) is 30.3 Å². The number of aromatic nitrogens is 3. The number of pyridine rings is 1. The van der Waals surface area contributed by atoms with E-state index in [-0.39, 0.29) is 22.4 Å². The van der Waals surface area contributed by atoms with E-state index in [1.807, 2.05) is 13.0 Å². The summed E-state index contributed by atoms with van der Waals surface area (Å²) < 4.78 is 61.3. The molecule has 2 atom stereocenters. The molecule has 3 aromatic rings. The molecule has 0 bridgehead atoms. The Morgan fingerprint density at radius 1 is 1.35 bits per heavy atom. The van der Waals surface area contributed by atoms with E-state index < -0.39 is 23.3 Å². The van der Waals surface area contributed by atoms with Crippen molar-refractivity contribution in [1.82, 2.24) is 15.0 Å². The summed E-state index contributed by atoms with van der Waals surface area (Å²) in [5, 5.41) is 0.149. The number of nitrogens with zero attached hydrogens (tertiary/aromatic N) is 2. The van der Waals surface area contributed by atoms with Gasteiger partial charge in [-0.2, -0.15) is 13.2 Å². The van der Waals surface area contributed by atoms with Crippen LogP contribution in [0.5, 0.6) is 11.5 Å². The molecule has 2 unspecified atom stereocenters. The fraction of sp³-hybridized carbons (Fsp3) is 0.250. The van der Waals surface area contributed by atoms with Crippen LogP contribution in [0.15, 0.2) is 35.6 Å². The first-order chi connectivity index (χ1) is 12.3. The van der Waals surface area contributed by atoms with E-state index in [0.717, 1.165) is 5.56 Å². The van der Waals surface area contributed by atoms with E-state index in [9.17, 15) is 17.4 Å². The van der Waals surface area contributed by atoms with Crippen molar-refractivity contribution in [1.29, 1.82) is 0 Å². The van der Waals surface area contributed by atoms with Crippen LogP contribution in [0.1, 0.15) is 11.3 Å². The number of alkyl halides is 3. The second kappa shape index (κ2) is 5.97. The first-order valence-corrected chi connectivity index (χ1v) is 8.85. The van der Waals surface area contributed by atoms with E-state index in [2.05, 4.69) is 24.4 Å². The Bertz CT molecular complexity index is 1020. The molecule has 6 nitrogen and oxygen atoms in total. The molecule has 1 aliphatic heterocycles. The zero-order chi connectivity index (χ0) is 18.5. The second-order valence-electron chi connectivity index (χ2n) is 5.71. The molecule has 0 fully saturated rings. The molecule has 10 heteroatoms. The molecule has 0 amide bonds. The van der Waals surface area contributed by atoms with E-state index in [1.54, 1.807) is 12.3 Å². The van der Waals surface area contributed by atoms with Gasteiger partial charge in [-0.3, -0.25) is 9.19 Å². The van der Waals surface area contributed by atoms with Crippen LogP contribution < -0.4 is 9.47 Å². The maximum atomic E-state index is 13.3. The van der Waals surface area contributed by atoms with Gasteiger partial charge in [0, 0.05) is 18.3 Å². The summed E-state index contributed by atoms with van der Waals surface area (Å²) in [5.41, 5.74) is 2.18. The first-order valence-electron chi connectivity index (χ1n) is 7.54. The summed E-state index contributed by atoms with van der Waals surface area (Å²) in [4.78, 5) is 11.2. The number of aromatic amines is 1. The predicted octanol–water partition coefficient (Wildman–Crippen LogP) is 3.23. The van der Waals surface area contributed by atoms with Crippen molar-refractivity contribution in [2.75, 3.05) is 0 Å². The molecule has 0 saturated carbocycles. The summed E-state index contributed by atoms with van der Waals surface area (Å²) in [6.07, 6.45) is -5.38. The van der Waals surface area contributed by atoms with Gasteiger partial charge in [-0.15, -0.1) is 0 Å². The minimum atomic E-state index is -4.08. The normalized spacial score (nSPS) is 19.5. The fourth-order valence-electron chi connectivity index (χ4n) is 2.51. The van der Waals surface area contributed by atoms with Gasteiger partial charge in [-0.05, 0) is 18.6 Å². The molecule has 26 heavy (non-hydrogen) atoms. The van der Waals surface area contributed by atoms with Crippen LogP contribution in [0.2, 0.25) is 0 Å². The molecule has 0 saturated heterocycles. The van der Waals surface area contributed by atoms with E-state index in [4.69, 9.17) is 0 Å². The number of hydrogen-bond acceptors (Lipinski definition) is 5. The molecular formula is C16H12F3N3O3S. The Morgan fingerprint density at radius 3 is 2.92 bits per heavy atom. The van der Waals surface area contributed by atoms with Crippen LogP contribution in [0.4, 0.5) is 13.2 Å². The largest absolute Gasteiger partial charge is 0.468 e. The van der Waals surface area contributed by atoms with Crippen LogP contribution in [-0.4, -0.2) is 31.6 Å². The van der Waals surface area contributed by atoms with Gasteiger partial charge >= 0.3 is 12.5 Å². The van der Waals surface area contributed by atoms with Crippen molar-refractivity contribution in [3.8, 4) is 11.5 Å². The molecule has 136 valence electrons. The highest BCUT2D eigenvalue weighted by Gasteiger charge is 2.49. The van der Waals surface area contributed by atoms with Crippen LogP contribution in [0.25, 0.3) is 11.0 Å². The lowest BCUT2D eigenvalue weighted by atomic mass is 10.2. The number of aryl methyl sites for hydroxylation is 1. The summed E-state index contributed by atoms with van der Waals surface area (Å²) in [7, 11) is -1.53. The van der Waals surface area contributed by atoms with Crippen molar-refractivity contribution in [2.24, 2.45) is 0 Å². The quantitative estimate of drug-likeness (QED) is 0.751. The summed E-state index contributed by atoms with van der Waals surface area (Å²) >= 11 is 0. The lowest BCUT2D eigenvalue weighted by Gasteiger charge is -2.28. The Hall–Kier alpha value is -2.62. The number of imidazole rings is 1. The molecule has 1 aromatic carbocycles. The van der Waals surface area contributed by atoms with Crippen LogP contribution in [0.3, 0.4) is 0 Å². The van der Waals surface area contributed by atoms with E-state index in [1.165, 1.54) is 12.1 Å². The third-order valence-electron chi connectivity index (χ3n) is 3.87. The van der Waals surface area contributed by atoms with Crippen LogP contribution in [0, 0.1) is 6.92 Å². The maximum absolute atomic E-state index is 13.3. The number of nitrogens with one attached hydrogen (secondary N) is 1. The number of hydrogen-bond donors (Lipinski definition) is 1. The van der Waals surface area contributed by atoms with Gasteiger partial charge in [-0.25, -0.2) is 4.98 Å². The number of H-pyrrole nitrogens is 1. The average Bonchev–Trinajstić information content (AvgIpc) is 2.99. The van der Waals surface area contributed by atoms with E-state index in [0.29, 0.717) is 16.7 Å². The van der Waals surface area contributed by atoms with Crippen LogP contribution >= 0.6 is 0 Å². The van der Waals surface area contributed by atoms with Gasteiger partial charge in [-0.1, -0.05) is 6.07 Å². The number of rotatable bonds is 3. The van der Waals surface area contributed by atoms with Gasteiger partial charge in [0.15, 0.2) is 16.7 Å². The zero-order valence-electron chi connectivity index (χ0n) is 13.3. The highest BCUT2D eigenvalue weighted by atomic mass is 32.2. The van der Waals surface area contributed by atoms with E-state index >= 15 is 0 Å². The minimum Gasteiger partial charge on any atom is -0.447 e. The highest BCUT2D eigenvalue weighted by Crippen LogP contribution is 2.42. The van der Waals surface area contributed by atoms with Gasteiger partial charge < -0.3 is 14.5 Å². The zero-order valence-corrected chi connectivity index (χ0v) is 14.1. The van der Waals surface area contributed by atoms with Gasteiger partial charge in [0.05, 0.1) is 33.3 Å². The standard InChI is InChI=1S/C16H12F3N3O3S/c1-8-3-2-4-20-11(8)7-26(23)15-21-9-5-12-13(6-10(9)22-15)25-16(18,19)14(17)24-12/h2-6,14H,7H2,1H3,(H,21,22). The van der Waals surface area contributed by atoms with Gasteiger partial charge in [0.1, 0.15) is 0 Å². The molecule has 1 N–H and O–H groups in total. The molecule has 1 aliphatic rings. The third-order valence-corrected chi connectivity index (χ3v) is 5.03. The topological polar surface area (TPSA) is 77.1 Å². The lowest BCUT2D eigenvalue weighted by molar-refractivity contribution is -0.281. The number of benzene rings is 1. The van der Waals surface area contributed by atoms with Crippen LogP contribution in [-0.2, 0) is 16.6 Å². The Morgan fingerprint density at radius 2 is 2.15 bits per heavy atom. The SMILES string of the molecule is Cc1cccnc1CS(=O)c1nc2cc3c(cc2[nH]1)OC(F)(F)C(F)O3. The second-order valence-corrected chi connectivity index (χ2v) is 7.08. The molecular weight excluding hydrogens is 371 g/mol. The van der Waals surface area contributed by atoms with Gasteiger partial charge in [0.2, 0.25) is 0 Å². The highest BCUT2D eigenvalue weighted by molar-refractivity contribution is 7.84. The fourth-order valence-corrected chi connectivity index (χ4v) is 3.62. The van der Waals surface area contributed by atoms with Gasteiger partial charge in [0.25, 0.3) is 0 Å². The monoisotopic (exact) mass is 383 g/mol. The summed E-state index contributed by atoms with van der Waals surface area (Å²) in [5.74, 6) is -0.373. The maximum Gasteiger partial charge on any atom is 0.468 e. The third kappa shape index (κ3) is 2.90. The first kappa shape index (κ1) is 16.8. The Labute approximate surface area is 147 Å². The van der Waals surface area contributed by atoms with Crippen molar-refractivity contribution in [3.63, 3.8) is 0 Å². The molecule has 4 rings (SSSR count). The Kier molecular flexibility index (Phi) is 3.87.